The van der Waals surface area contributed by atoms with E-state index in [0.717, 1.165) is 25.2 Å². The number of aromatic amines is 1. The summed E-state index contributed by atoms with van der Waals surface area (Å²) < 4.78 is 0. The van der Waals surface area contributed by atoms with Crippen LogP contribution in [0.2, 0.25) is 5.02 Å². The van der Waals surface area contributed by atoms with Crippen molar-refractivity contribution in [2.24, 2.45) is 0 Å². The van der Waals surface area contributed by atoms with Crippen molar-refractivity contribution in [1.82, 2.24) is 20.4 Å². The highest BCUT2D eigenvalue weighted by atomic mass is 35.5. The quantitative estimate of drug-likeness (QED) is 0.466. The minimum Gasteiger partial charge on any atom is -0.349 e. The van der Waals surface area contributed by atoms with Crippen LogP contribution >= 0.6 is 11.6 Å². The van der Waals surface area contributed by atoms with Crippen LogP contribution in [0, 0.1) is 0 Å². The van der Waals surface area contributed by atoms with E-state index in [1.54, 1.807) is 24.3 Å². The Morgan fingerprint density at radius 1 is 0.970 bits per heavy atom. The topological polar surface area (TPSA) is 90.1 Å². The van der Waals surface area contributed by atoms with Gasteiger partial charge in [0.05, 0.1) is 10.6 Å². The molecular weight excluding hydrogens is 438 g/mol. The van der Waals surface area contributed by atoms with Gasteiger partial charge in [-0.15, -0.1) is 0 Å². The first kappa shape index (κ1) is 23.0. The van der Waals surface area contributed by atoms with Gasteiger partial charge in [-0.2, -0.15) is 5.10 Å². The number of carbonyl (C=O) groups excluding carboxylic acids is 2. The molecule has 1 aliphatic heterocycles. The lowest BCUT2D eigenvalue weighted by molar-refractivity contribution is 0.0939. The summed E-state index contributed by atoms with van der Waals surface area (Å²) in [5.41, 5.74) is 2.35. The van der Waals surface area contributed by atoms with Crippen molar-refractivity contribution in [3.63, 3.8) is 0 Å². The van der Waals surface area contributed by atoms with Crippen molar-refractivity contribution in [1.29, 1.82) is 0 Å². The van der Waals surface area contributed by atoms with Gasteiger partial charge in [0.2, 0.25) is 0 Å². The number of carbonyl (C=O) groups is 2. The second-order valence-electron chi connectivity index (χ2n) is 8.18. The first-order chi connectivity index (χ1) is 16.1. The van der Waals surface area contributed by atoms with Crippen molar-refractivity contribution in [3.05, 3.63) is 82.0 Å². The maximum Gasteiger partial charge on any atom is 0.269 e. The molecule has 2 aromatic carbocycles. The summed E-state index contributed by atoms with van der Waals surface area (Å²) in [5.74, 6) is -0.285. The van der Waals surface area contributed by atoms with Gasteiger partial charge in [-0.3, -0.25) is 14.7 Å². The van der Waals surface area contributed by atoms with Crippen LogP contribution in [0.3, 0.4) is 0 Å². The molecule has 3 N–H and O–H groups in total. The highest BCUT2D eigenvalue weighted by Crippen LogP contribution is 2.23. The van der Waals surface area contributed by atoms with Gasteiger partial charge in [0.1, 0.15) is 5.69 Å². The number of anilines is 1. The molecule has 8 heteroatoms. The lowest BCUT2D eigenvalue weighted by atomic mass is 10.0. The number of H-pyrrole nitrogens is 1. The first-order valence-corrected chi connectivity index (χ1v) is 11.7. The Balaban J connectivity index is 1.51. The number of aromatic nitrogens is 2. The molecule has 0 bridgehead atoms. The molecule has 0 atom stereocenters. The Morgan fingerprint density at radius 3 is 2.45 bits per heavy atom. The minimum absolute atomic E-state index is 0.233. The zero-order chi connectivity index (χ0) is 23.0. The lowest BCUT2D eigenvalue weighted by Crippen LogP contribution is -2.38. The van der Waals surface area contributed by atoms with Crippen molar-refractivity contribution < 1.29 is 9.59 Å². The van der Waals surface area contributed by atoms with Gasteiger partial charge in [-0.1, -0.05) is 60.5 Å². The molecule has 0 radical (unpaired) electrons. The molecule has 3 aromatic rings. The van der Waals surface area contributed by atoms with E-state index in [9.17, 15) is 9.59 Å². The van der Waals surface area contributed by atoms with Crippen LogP contribution in [0.1, 0.15) is 51.2 Å². The third-order valence-corrected chi connectivity index (χ3v) is 6.16. The number of hydrogen-bond donors (Lipinski definition) is 3. The Bertz CT molecular complexity index is 1090. The zero-order valence-corrected chi connectivity index (χ0v) is 19.2. The molecule has 1 aliphatic rings. The van der Waals surface area contributed by atoms with E-state index >= 15 is 0 Å². The minimum atomic E-state index is -0.376. The normalized spacial score (nSPS) is 14.1. The molecule has 0 unspecified atom stereocenters. The Kier molecular flexibility index (Phi) is 7.75. The fourth-order valence-electron chi connectivity index (χ4n) is 4.05. The van der Waals surface area contributed by atoms with Gasteiger partial charge in [0, 0.05) is 25.1 Å². The average Bonchev–Trinajstić information content (AvgIpc) is 3.22. The summed E-state index contributed by atoms with van der Waals surface area (Å²) in [4.78, 5) is 28.2. The van der Waals surface area contributed by atoms with Gasteiger partial charge in [-0.25, -0.2) is 0 Å². The molecule has 33 heavy (non-hydrogen) atoms. The van der Waals surface area contributed by atoms with Crippen molar-refractivity contribution in [2.75, 3.05) is 31.5 Å². The number of benzene rings is 2. The number of rotatable bonds is 8. The van der Waals surface area contributed by atoms with E-state index in [2.05, 4.69) is 25.7 Å². The van der Waals surface area contributed by atoms with Crippen LogP contribution in [-0.4, -0.2) is 53.1 Å². The maximum absolute atomic E-state index is 13.0. The number of hydrogen-bond acceptors (Lipinski definition) is 4. The Labute approximate surface area is 198 Å². The van der Waals surface area contributed by atoms with Crippen LogP contribution in [0.5, 0.6) is 0 Å². The first-order valence-electron chi connectivity index (χ1n) is 11.3. The van der Waals surface area contributed by atoms with Gasteiger partial charge >= 0.3 is 0 Å². The number of nitrogens with one attached hydrogen (secondary N) is 3. The summed E-state index contributed by atoms with van der Waals surface area (Å²) in [5, 5.41) is 13.2. The largest absolute Gasteiger partial charge is 0.349 e. The molecule has 1 aromatic heterocycles. The summed E-state index contributed by atoms with van der Waals surface area (Å²) >= 11 is 6.17. The Hall–Kier alpha value is -3.16. The van der Waals surface area contributed by atoms with E-state index in [4.69, 9.17) is 11.6 Å². The summed E-state index contributed by atoms with van der Waals surface area (Å²) in [7, 11) is 0. The number of likely N-dealkylation sites (tertiary alicyclic amines) is 1. The molecule has 2 amide bonds. The van der Waals surface area contributed by atoms with Crippen molar-refractivity contribution in [2.45, 2.75) is 25.7 Å². The van der Waals surface area contributed by atoms with E-state index in [1.165, 1.54) is 19.3 Å². The summed E-state index contributed by atoms with van der Waals surface area (Å²) in [6.45, 7) is 3.54. The lowest BCUT2D eigenvalue weighted by Gasteiger charge is -2.26. The van der Waals surface area contributed by atoms with Gasteiger partial charge in [-0.05, 0) is 43.6 Å². The smallest absolute Gasteiger partial charge is 0.269 e. The average molecular weight is 466 g/mol. The van der Waals surface area contributed by atoms with E-state index < -0.39 is 0 Å². The summed E-state index contributed by atoms with van der Waals surface area (Å²) in [6.07, 6.45) is 4.15. The molecular formula is C25H28ClN5O2. The predicted molar refractivity (Wildman–Crippen MR) is 130 cm³/mol. The number of nitrogens with zero attached hydrogens (tertiary/aromatic N) is 2. The monoisotopic (exact) mass is 465 g/mol. The molecule has 1 fully saturated rings. The van der Waals surface area contributed by atoms with Crippen LogP contribution in [0.4, 0.5) is 5.82 Å². The molecule has 172 valence electrons. The number of piperidine rings is 1. The fraction of sp³-hybridized carbons (Fsp3) is 0.320. The molecule has 1 saturated heterocycles. The van der Waals surface area contributed by atoms with Crippen LogP contribution < -0.4 is 10.6 Å². The molecule has 0 saturated carbocycles. The van der Waals surface area contributed by atoms with Gasteiger partial charge in [0.15, 0.2) is 5.82 Å². The van der Waals surface area contributed by atoms with Gasteiger partial charge in [0.25, 0.3) is 11.8 Å². The predicted octanol–water partition coefficient (Wildman–Crippen LogP) is 4.12. The van der Waals surface area contributed by atoms with E-state index in [1.807, 2.05) is 30.3 Å². The highest BCUT2D eigenvalue weighted by molar-refractivity contribution is 6.34. The zero-order valence-electron chi connectivity index (χ0n) is 18.4. The highest BCUT2D eigenvalue weighted by Gasteiger charge is 2.22. The maximum atomic E-state index is 13.0. The third kappa shape index (κ3) is 6.00. The molecule has 0 aliphatic carbocycles. The molecule has 2 heterocycles. The van der Waals surface area contributed by atoms with Crippen LogP contribution in [-0.2, 0) is 6.42 Å². The summed E-state index contributed by atoms with van der Waals surface area (Å²) in [6, 6.07) is 16.6. The van der Waals surface area contributed by atoms with Gasteiger partial charge < -0.3 is 15.5 Å². The SMILES string of the molecule is O=C(Nc1n[nH]c(C(=O)NCCN2CCCCC2)c1Cc1ccccc1)c1ccccc1Cl. The van der Waals surface area contributed by atoms with Crippen molar-refractivity contribution >= 4 is 29.2 Å². The number of amides is 2. The van der Waals surface area contributed by atoms with Crippen LogP contribution in [0.15, 0.2) is 54.6 Å². The fourth-order valence-corrected chi connectivity index (χ4v) is 4.27. The number of halogens is 1. The third-order valence-electron chi connectivity index (χ3n) is 5.83. The second kappa shape index (κ2) is 11.1. The standard InChI is InChI=1S/C25H28ClN5O2/c26-21-12-6-5-11-19(21)24(32)28-23-20(17-18-9-3-1-4-10-18)22(29-30-23)25(33)27-13-16-31-14-7-2-8-15-31/h1,3-6,9-12H,2,7-8,13-17H2,(H,27,33)(H2,28,29,30,32). The van der Waals surface area contributed by atoms with Crippen LogP contribution in [0.25, 0.3) is 0 Å². The van der Waals surface area contributed by atoms with E-state index in [0.29, 0.717) is 40.6 Å². The van der Waals surface area contributed by atoms with E-state index in [-0.39, 0.29) is 11.8 Å². The molecule has 0 spiro atoms. The van der Waals surface area contributed by atoms with Crippen molar-refractivity contribution in [3.8, 4) is 0 Å². The molecule has 7 nitrogen and oxygen atoms in total. The Morgan fingerprint density at radius 2 is 1.70 bits per heavy atom. The second-order valence-corrected chi connectivity index (χ2v) is 8.59. The molecule has 4 rings (SSSR count).